The minimum Gasteiger partial charge on any atom is -0.365 e. The van der Waals surface area contributed by atoms with Crippen molar-refractivity contribution in [2.45, 2.75) is 38.3 Å². The average molecular weight is 435 g/mol. The lowest BCUT2D eigenvalue weighted by molar-refractivity contribution is 0.0277. The third-order valence-corrected chi connectivity index (χ3v) is 6.36. The molecule has 5 heterocycles. The Hall–Kier alpha value is -3.06. The van der Waals surface area contributed by atoms with E-state index < -0.39 is 0 Å². The van der Waals surface area contributed by atoms with Crippen molar-refractivity contribution in [3.05, 3.63) is 65.3 Å². The molecule has 1 aliphatic carbocycles. The van der Waals surface area contributed by atoms with E-state index >= 15 is 0 Å². The van der Waals surface area contributed by atoms with Crippen LogP contribution in [0.15, 0.2) is 49.1 Å². The summed E-state index contributed by atoms with van der Waals surface area (Å²) < 4.78 is 0. The van der Waals surface area contributed by atoms with Crippen LogP contribution in [0.1, 0.15) is 35.3 Å². The minimum absolute atomic E-state index is 0.0623. The number of carbonyl (C=O) groups is 1. The molecular formula is C23H23ClN6O. The van der Waals surface area contributed by atoms with Gasteiger partial charge in [0.1, 0.15) is 11.5 Å². The molecule has 2 saturated heterocycles. The zero-order valence-electron chi connectivity index (χ0n) is 17.2. The number of anilines is 1. The summed E-state index contributed by atoms with van der Waals surface area (Å²) in [5.74, 6) is 1.69. The molecule has 6 rings (SSSR count). The first-order chi connectivity index (χ1) is 15.1. The first kappa shape index (κ1) is 19.9. The molecule has 31 heavy (non-hydrogen) atoms. The van der Waals surface area contributed by atoms with E-state index in [4.69, 9.17) is 11.6 Å². The molecule has 3 unspecified atom stereocenters. The van der Waals surface area contributed by atoms with Crippen molar-refractivity contribution in [1.82, 2.24) is 24.8 Å². The van der Waals surface area contributed by atoms with Crippen LogP contribution in [0.2, 0.25) is 5.02 Å². The lowest BCUT2D eigenvalue weighted by Crippen LogP contribution is -2.60. The third kappa shape index (κ3) is 3.97. The molecule has 1 amide bonds. The van der Waals surface area contributed by atoms with E-state index in [2.05, 4.69) is 25.3 Å². The second-order valence-electron chi connectivity index (χ2n) is 8.30. The van der Waals surface area contributed by atoms with E-state index in [0.717, 1.165) is 37.2 Å². The maximum absolute atomic E-state index is 13.7. The Balaban J connectivity index is 1.44. The Bertz CT molecular complexity index is 1090. The molecule has 3 fully saturated rings. The SMILES string of the molecule is Cc1cnc(C(=O)N2CC3CCC2C(Nc2ccc(Cl)cn2)C3)c(-c2ncccn2)c1. The Kier molecular flexibility index (Phi) is 5.28. The number of nitrogens with one attached hydrogen (secondary N) is 1. The van der Waals surface area contributed by atoms with Gasteiger partial charge in [-0.25, -0.2) is 15.0 Å². The zero-order chi connectivity index (χ0) is 21.4. The monoisotopic (exact) mass is 434 g/mol. The average Bonchev–Trinajstić information content (AvgIpc) is 2.81. The number of aromatic nitrogens is 4. The molecule has 0 radical (unpaired) electrons. The highest BCUT2D eigenvalue weighted by molar-refractivity contribution is 6.30. The van der Waals surface area contributed by atoms with Gasteiger partial charge in [-0.1, -0.05) is 11.6 Å². The largest absolute Gasteiger partial charge is 0.365 e. The molecule has 2 aliphatic heterocycles. The molecule has 3 atom stereocenters. The molecule has 7 nitrogen and oxygen atoms in total. The Morgan fingerprint density at radius 3 is 2.71 bits per heavy atom. The molecule has 3 aromatic rings. The molecule has 2 bridgehead atoms. The van der Waals surface area contributed by atoms with Gasteiger partial charge in [-0.15, -0.1) is 0 Å². The van der Waals surface area contributed by atoms with Crippen molar-refractivity contribution >= 4 is 23.3 Å². The summed E-state index contributed by atoms with van der Waals surface area (Å²) in [6, 6.07) is 7.63. The minimum atomic E-state index is -0.0623. The predicted octanol–water partition coefficient (Wildman–Crippen LogP) is 4.00. The van der Waals surface area contributed by atoms with Crippen LogP contribution >= 0.6 is 11.6 Å². The van der Waals surface area contributed by atoms with Gasteiger partial charge in [0.2, 0.25) is 0 Å². The summed E-state index contributed by atoms with van der Waals surface area (Å²) >= 11 is 5.97. The van der Waals surface area contributed by atoms with Gasteiger partial charge in [-0.05, 0) is 61.9 Å². The van der Waals surface area contributed by atoms with Crippen molar-refractivity contribution in [2.24, 2.45) is 5.92 Å². The van der Waals surface area contributed by atoms with Crippen LogP contribution in [0.4, 0.5) is 5.82 Å². The predicted molar refractivity (Wildman–Crippen MR) is 119 cm³/mol. The van der Waals surface area contributed by atoms with Crippen LogP contribution in [-0.2, 0) is 0 Å². The van der Waals surface area contributed by atoms with E-state index in [1.807, 2.05) is 30.0 Å². The van der Waals surface area contributed by atoms with E-state index in [0.29, 0.717) is 28.0 Å². The van der Waals surface area contributed by atoms with E-state index in [1.54, 1.807) is 30.9 Å². The molecule has 3 aromatic heterocycles. The highest BCUT2D eigenvalue weighted by atomic mass is 35.5. The van der Waals surface area contributed by atoms with Crippen LogP contribution < -0.4 is 5.32 Å². The lowest BCUT2D eigenvalue weighted by Gasteiger charge is -2.50. The molecule has 0 aromatic carbocycles. The first-order valence-electron chi connectivity index (χ1n) is 10.5. The maximum atomic E-state index is 13.7. The van der Waals surface area contributed by atoms with Gasteiger partial charge in [0.05, 0.1) is 16.6 Å². The second kappa shape index (κ2) is 8.23. The van der Waals surface area contributed by atoms with Gasteiger partial charge < -0.3 is 10.2 Å². The molecule has 3 aliphatic rings. The molecule has 158 valence electrons. The summed E-state index contributed by atoms with van der Waals surface area (Å²) in [5.41, 5.74) is 2.05. The van der Waals surface area contributed by atoms with Gasteiger partial charge in [-0.3, -0.25) is 9.78 Å². The van der Waals surface area contributed by atoms with Gasteiger partial charge in [0, 0.05) is 37.4 Å². The van der Waals surface area contributed by atoms with Gasteiger partial charge >= 0.3 is 0 Å². The van der Waals surface area contributed by atoms with E-state index in [1.165, 1.54) is 0 Å². The third-order valence-electron chi connectivity index (χ3n) is 6.13. The molecular weight excluding hydrogens is 412 g/mol. The van der Waals surface area contributed by atoms with Gasteiger partial charge in [0.15, 0.2) is 5.82 Å². The van der Waals surface area contributed by atoms with Crippen LogP contribution in [0.25, 0.3) is 11.4 Å². The van der Waals surface area contributed by atoms with Crippen LogP contribution in [0.5, 0.6) is 0 Å². The van der Waals surface area contributed by atoms with Gasteiger partial charge in [-0.2, -0.15) is 0 Å². The maximum Gasteiger partial charge on any atom is 0.273 e. The van der Waals surface area contributed by atoms with Crippen LogP contribution in [0, 0.1) is 12.8 Å². The van der Waals surface area contributed by atoms with Crippen molar-refractivity contribution in [1.29, 1.82) is 0 Å². The summed E-state index contributed by atoms with van der Waals surface area (Å²) in [5, 5.41) is 4.13. The Labute approximate surface area is 185 Å². The van der Waals surface area contributed by atoms with Crippen LogP contribution in [-0.4, -0.2) is 49.4 Å². The van der Waals surface area contributed by atoms with E-state index in [-0.39, 0.29) is 18.0 Å². The molecule has 8 heteroatoms. The van der Waals surface area contributed by atoms with Crippen molar-refractivity contribution in [3.63, 3.8) is 0 Å². The Morgan fingerprint density at radius 1 is 1.13 bits per heavy atom. The van der Waals surface area contributed by atoms with Crippen molar-refractivity contribution in [3.8, 4) is 11.4 Å². The molecule has 1 saturated carbocycles. The fraction of sp³-hybridized carbons (Fsp3) is 0.348. The first-order valence-corrected chi connectivity index (χ1v) is 10.9. The number of halogens is 1. The van der Waals surface area contributed by atoms with Crippen molar-refractivity contribution in [2.75, 3.05) is 11.9 Å². The molecule has 1 N–H and O–H groups in total. The van der Waals surface area contributed by atoms with Crippen LogP contribution in [0.3, 0.4) is 0 Å². The normalized spacial score (nSPS) is 22.4. The zero-order valence-corrected chi connectivity index (χ0v) is 18.0. The van der Waals surface area contributed by atoms with Crippen molar-refractivity contribution < 1.29 is 4.79 Å². The lowest BCUT2D eigenvalue weighted by atomic mass is 9.76. The summed E-state index contributed by atoms with van der Waals surface area (Å²) in [4.78, 5) is 33.3. The Morgan fingerprint density at radius 2 is 1.97 bits per heavy atom. The number of hydrogen-bond acceptors (Lipinski definition) is 6. The fourth-order valence-electron chi connectivity index (χ4n) is 4.72. The summed E-state index contributed by atoms with van der Waals surface area (Å²) in [6.45, 7) is 2.70. The fourth-order valence-corrected chi connectivity index (χ4v) is 4.83. The van der Waals surface area contributed by atoms with Gasteiger partial charge in [0.25, 0.3) is 5.91 Å². The smallest absolute Gasteiger partial charge is 0.273 e. The number of nitrogens with zero attached hydrogens (tertiary/aromatic N) is 5. The summed E-state index contributed by atoms with van der Waals surface area (Å²) in [7, 11) is 0. The topological polar surface area (TPSA) is 83.9 Å². The number of aryl methyl sites for hydroxylation is 1. The number of pyridine rings is 2. The highest BCUT2D eigenvalue weighted by Crippen LogP contribution is 2.38. The number of piperidine rings is 2. The number of fused-ring (bicyclic) bond motifs is 3. The number of carbonyl (C=O) groups excluding carboxylic acids is 1. The van der Waals surface area contributed by atoms with E-state index in [9.17, 15) is 4.79 Å². The number of rotatable bonds is 4. The molecule has 0 spiro atoms. The highest BCUT2D eigenvalue weighted by Gasteiger charge is 2.44. The second-order valence-corrected chi connectivity index (χ2v) is 8.73. The standard InChI is InChI=1S/C23H23ClN6O/c1-14-9-17(22-25-7-2-8-26-22)21(28-11-14)23(31)30-13-15-3-5-19(30)18(10-15)29-20-6-4-16(24)12-27-20/h2,4,6-9,11-12,15,18-19H,3,5,10,13H2,1H3,(H,27,29). The summed E-state index contributed by atoms with van der Waals surface area (Å²) in [6.07, 6.45) is 9.85. The number of hydrogen-bond donors (Lipinski definition) is 1. The quantitative estimate of drug-likeness (QED) is 0.668. The number of amides is 1.